The molecule has 0 bridgehead atoms. The van der Waals surface area contributed by atoms with Gasteiger partial charge in [-0.3, -0.25) is 4.79 Å². The molecule has 5 nitrogen and oxygen atoms in total. The van der Waals surface area contributed by atoms with Crippen molar-refractivity contribution in [2.24, 2.45) is 0 Å². The normalized spacial score (nSPS) is 24.0. The molecule has 0 fully saturated rings. The monoisotopic (exact) mass is 294 g/mol. The highest BCUT2D eigenvalue weighted by Crippen LogP contribution is 2.35. The molecule has 0 amide bonds. The van der Waals surface area contributed by atoms with E-state index >= 15 is 0 Å². The molecule has 0 aromatic carbocycles. The van der Waals surface area contributed by atoms with E-state index in [1.807, 2.05) is 19.1 Å². The average Bonchev–Trinajstić information content (AvgIpc) is 2.72. The van der Waals surface area contributed by atoms with Crippen LogP contribution in [0.3, 0.4) is 0 Å². The Morgan fingerprint density at radius 3 is 2.62 bits per heavy atom. The van der Waals surface area contributed by atoms with Crippen LogP contribution in [0.4, 0.5) is 0 Å². The van der Waals surface area contributed by atoms with Gasteiger partial charge in [0.05, 0.1) is 7.11 Å². The number of carbonyl (C=O) groups is 2. The van der Waals surface area contributed by atoms with Gasteiger partial charge in [0, 0.05) is 0 Å². The Labute approximate surface area is 124 Å². The van der Waals surface area contributed by atoms with E-state index in [1.165, 1.54) is 7.11 Å². The molecule has 116 valence electrons. The summed E-state index contributed by atoms with van der Waals surface area (Å²) in [7, 11) is 1.37. The smallest absolute Gasteiger partial charge is 0.346 e. The van der Waals surface area contributed by atoms with Gasteiger partial charge >= 0.3 is 5.97 Å². The van der Waals surface area contributed by atoms with E-state index in [0.717, 1.165) is 6.42 Å². The lowest BCUT2D eigenvalue weighted by Crippen LogP contribution is -2.26. The molecule has 0 aliphatic carbocycles. The van der Waals surface area contributed by atoms with Gasteiger partial charge in [-0.1, -0.05) is 32.1 Å². The van der Waals surface area contributed by atoms with Crippen molar-refractivity contribution in [1.82, 2.24) is 0 Å². The summed E-state index contributed by atoms with van der Waals surface area (Å²) in [5.74, 6) is -1.30. The topological polar surface area (TPSA) is 72.8 Å². The van der Waals surface area contributed by atoms with Crippen LogP contribution in [0, 0.1) is 0 Å². The van der Waals surface area contributed by atoms with Crippen LogP contribution in [0.15, 0.2) is 35.6 Å². The molecule has 1 aliphatic heterocycles. The predicted molar refractivity (Wildman–Crippen MR) is 78.4 cm³/mol. The second-order valence-corrected chi connectivity index (χ2v) is 4.89. The summed E-state index contributed by atoms with van der Waals surface area (Å²) < 4.78 is 10.5. The SMILES string of the molecule is CC/C=C/C=C/C1(C)OC(=O)C(C(=O)C(O)CC)=C1OC. The standard InChI is InChI=1S/C16H22O5/c1-5-7-8-9-10-16(3)14(20-4)12(15(19)21-16)13(18)11(17)6-2/h7-11,17H,5-6H2,1-4H3/b8-7+,10-9+. The molecular weight excluding hydrogens is 272 g/mol. The van der Waals surface area contributed by atoms with Crippen molar-refractivity contribution in [3.63, 3.8) is 0 Å². The van der Waals surface area contributed by atoms with Crippen molar-refractivity contribution in [3.8, 4) is 0 Å². The Hall–Kier alpha value is -1.88. The van der Waals surface area contributed by atoms with E-state index < -0.39 is 23.5 Å². The number of carbonyl (C=O) groups excluding carboxylic acids is 2. The van der Waals surface area contributed by atoms with Crippen molar-refractivity contribution < 1.29 is 24.2 Å². The summed E-state index contributed by atoms with van der Waals surface area (Å²) in [5.41, 5.74) is -1.35. The fourth-order valence-electron chi connectivity index (χ4n) is 2.06. The Kier molecular flexibility index (Phi) is 5.90. The number of allylic oxidation sites excluding steroid dienone is 3. The first-order valence-electron chi connectivity index (χ1n) is 7.00. The summed E-state index contributed by atoms with van der Waals surface area (Å²) >= 11 is 0. The summed E-state index contributed by atoms with van der Waals surface area (Å²) in [6, 6.07) is 0. The quantitative estimate of drug-likeness (QED) is 0.442. The first kappa shape index (κ1) is 17.2. The summed E-state index contributed by atoms with van der Waals surface area (Å²) in [5, 5.41) is 9.66. The van der Waals surface area contributed by atoms with Gasteiger partial charge in [-0.25, -0.2) is 4.79 Å². The fourth-order valence-corrected chi connectivity index (χ4v) is 2.06. The van der Waals surface area contributed by atoms with Gasteiger partial charge in [-0.05, 0) is 25.8 Å². The Morgan fingerprint density at radius 1 is 1.43 bits per heavy atom. The molecule has 1 heterocycles. The van der Waals surface area contributed by atoms with Crippen LogP contribution in [0.5, 0.6) is 0 Å². The molecule has 0 aromatic heterocycles. The van der Waals surface area contributed by atoms with Gasteiger partial charge in [0.2, 0.25) is 5.78 Å². The number of aliphatic hydroxyl groups excluding tert-OH is 1. The molecule has 5 heteroatoms. The van der Waals surface area contributed by atoms with Gasteiger partial charge in [0.15, 0.2) is 11.4 Å². The van der Waals surface area contributed by atoms with E-state index in [1.54, 1.807) is 26.0 Å². The third kappa shape index (κ3) is 3.61. The van der Waals surface area contributed by atoms with E-state index in [-0.39, 0.29) is 17.8 Å². The maximum atomic E-state index is 12.1. The number of methoxy groups -OCH3 is 1. The van der Waals surface area contributed by atoms with Crippen molar-refractivity contribution in [3.05, 3.63) is 35.6 Å². The zero-order valence-corrected chi connectivity index (χ0v) is 12.9. The first-order valence-corrected chi connectivity index (χ1v) is 7.00. The number of ketones is 1. The lowest BCUT2D eigenvalue weighted by Gasteiger charge is -2.21. The van der Waals surface area contributed by atoms with Gasteiger partial charge in [-0.15, -0.1) is 0 Å². The molecule has 0 radical (unpaired) electrons. The number of esters is 1. The van der Waals surface area contributed by atoms with Gasteiger partial charge < -0.3 is 14.6 Å². The molecule has 0 spiro atoms. The summed E-state index contributed by atoms with van der Waals surface area (Å²) in [6.07, 6.45) is 7.03. The van der Waals surface area contributed by atoms with Crippen LogP contribution in [-0.4, -0.2) is 35.7 Å². The van der Waals surface area contributed by atoms with Crippen LogP contribution in [0.1, 0.15) is 33.6 Å². The summed E-state index contributed by atoms with van der Waals surface area (Å²) in [6.45, 7) is 5.30. The number of ether oxygens (including phenoxy) is 2. The highest BCUT2D eigenvalue weighted by Gasteiger charge is 2.47. The molecule has 1 rings (SSSR count). The van der Waals surface area contributed by atoms with Gasteiger partial charge in [-0.2, -0.15) is 0 Å². The number of cyclic esters (lactones) is 1. The van der Waals surface area contributed by atoms with Crippen molar-refractivity contribution in [1.29, 1.82) is 0 Å². The van der Waals surface area contributed by atoms with E-state index in [2.05, 4.69) is 0 Å². The molecular formula is C16H22O5. The molecule has 1 aliphatic rings. The number of hydrogen-bond acceptors (Lipinski definition) is 5. The molecule has 0 saturated carbocycles. The third-order valence-electron chi connectivity index (χ3n) is 3.22. The largest absolute Gasteiger partial charge is 0.495 e. The average molecular weight is 294 g/mol. The lowest BCUT2D eigenvalue weighted by atomic mass is 9.97. The minimum Gasteiger partial charge on any atom is -0.495 e. The first-order chi connectivity index (χ1) is 9.91. The highest BCUT2D eigenvalue weighted by molar-refractivity contribution is 6.21. The van der Waals surface area contributed by atoms with Crippen LogP contribution >= 0.6 is 0 Å². The van der Waals surface area contributed by atoms with Crippen molar-refractivity contribution in [2.45, 2.75) is 45.3 Å². The minimum absolute atomic E-state index is 0.131. The molecule has 2 atom stereocenters. The van der Waals surface area contributed by atoms with E-state index in [4.69, 9.17) is 9.47 Å². The number of aliphatic hydroxyl groups is 1. The van der Waals surface area contributed by atoms with Crippen LogP contribution in [0.25, 0.3) is 0 Å². The summed E-state index contributed by atoms with van der Waals surface area (Å²) in [4.78, 5) is 24.1. The maximum Gasteiger partial charge on any atom is 0.346 e. The van der Waals surface area contributed by atoms with Crippen molar-refractivity contribution in [2.75, 3.05) is 7.11 Å². The highest BCUT2D eigenvalue weighted by atomic mass is 16.6. The molecule has 0 saturated heterocycles. The number of hydrogen-bond donors (Lipinski definition) is 1. The zero-order chi connectivity index (χ0) is 16.0. The number of rotatable bonds is 7. The second-order valence-electron chi connectivity index (χ2n) is 4.89. The third-order valence-corrected chi connectivity index (χ3v) is 3.22. The molecule has 0 aromatic rings. The Balaban J connectivity index is 3.18. The maximum absolute atomic E-state index is 12.1. The van der Waals surface area contributed by atoms with E-state index in [9.17, 15) is 14.7 Å². The van der Waals surface area contributed by atoms with Crippen molar-refractivity contribution >= 4 is 11.8 Å². The number of Topliss-reactive ketones (excluding diaryl/α,β-unsaturated/α-hetero) is 1. The Bertz CT molecular complexity index is 501. The lowest BCUT2D eigenvalue weighted by molar-refractivity contribution is -0.145. The molecule has 1 N–H and O–H groups in total. The van der Waals surface area contributed by atoms with Gasteiger partial charge in [0.25, 0.3) is 0 Å². The van der Waals surface area contributed by atoms with Crippen LogP contribution in [0.2, 0.25) is 0 Å². The van der Waals surface area contributed by atoms with E-state index in [0.29, 0.717) is 0 Å². The van der Waals surface area contributed by atoms with Gasteiger partial charge in [0.1, 0.15) is 11.7 Å². The predicted octanol–water partition coefficient (Wildman–Crippen LogP) is 2.06. The second kappa shape index (κ2) is 7.22. The molecule has 2 unspecified atom stereocenters. The fraction of sp³-hybridized carbons (Fsp3) is 0.500. The molecule has 21 heavy (non-hydrogen) atoms. The Morgan fingerprint density at radius 2 is 2.10 bits per heavy atom. The van der Waals surface area contributed by atoms with Crippen LogP contribution in [-0.2, 0) is 19.1 Å². The van der Waals surface area contributed by atoms with Crippen LogP contribution < -0.4 is 0 Å². The zero-order valence-electron chi connectivity index (χ0n) is 12.9. The minimum atomic E-state index is -1.23.